The van der Waals surface area contributed by atoms with E-state index in [0.717, 1.165) is 6.42 Å². The second kappa shape index (κ2) is 4.73. The zero-order valence-corrected chi connectivity index (χ0v) is 12.7. The Kier molecular flexibility index (Phi) is 2.85. The van der Waals surface area contributed by atoms with Crippen molar-refractivity contribution >= 4 is 11.1 Å². The zero-order valence-electron chi connectivity index (χ0n) is 12.7. The van der Waals surface area contributed by atoms with Gasteiger partial charge in [0.1, 0.15) is 0 Å². The molecule has 104 valence electrons. The molecule has 0 aliphatic heterocycles. The maximum Gasteiger partial charge on any atom is -0.00109 e. The second-order valence-corrected chi connectivity index (χ2v) is 6.38. The minimum atomic E-state index is 1.09. The maximum absolute atomic E-state index is 2.44. The standard InChI is InChI=1S/C21H20/c1-14-9-15(2)11-18(10-14)19-12-17-8-7-16-5-3-4-6-20(16)21(17)13-19/h3-6,9-12H,7-8,13H2,1-2H3. The molecule has 0 radical (unpaired) electrons. The van der Waals surface area contributed by atoms with E-state index in [9.17, 15) is 0 Å². The van der Waals surface area contributed by atoms with Gasteiger partial charge in [-0.2, -0.15) is 0 Å². The highest BCUT2D eigenvalue weighted by Crippen LogP contribution is 2.43. The lowest BCUT2D eigenvalue weighted by molar-refractivity contribution is 0.942. The lowest BCUT2D eigenvalue weighted by atomic mass is 9.86. The van der Waals surface area contributed by atoms with Gasteiger partial charge in [-0.25, -0.2) is 0 Å². The Morgan fingerprint density at radius 3 is 2.43 bits per heavy atom. The third-order valence-electron chi connectivity index (χ3n) is 4.70. The van der Waals surface area contributed by atoms with Gasteiger partial charge in [0.05, 0.1) is 0 Å². The summed E-state index contributed by atoms with van der Waals surface area (Å²) >= 11 is 0. The molecule has 0 unspecified atom stereocenters. The summed E-state index contributed by atoms with van der Waals surface area (Å²) < 4.78 is 0. The van der Waals surface area contributed by atoms with E-state index in [4.69, 9.17) is 0 Å². The second-order valence-electron chi connectivity index (χ2n) is 6.38. The molecule has 0 atom stereocenters. The fourth-order valence-electron chi connectivity index (χ4n) is 3.79. The molecule has 0 aromatic heterocycles. The van der Waals surface area contributed by atoms with Crippen LogP contribution in [0.2, 0.25) is 0 Å². The normalized spacial score (nSPS) is 16.6. The number of rotatable bonds is 1. The number of allylic oxidation sites excluding steroid dienone is 4. The summed E-state index contributed by atoms with van der Waals surface area (Å²) in [5, 5.41) is 0. The molecule has 0 fully saturated rings. The van der Waals surface area contributed by atoms with Crippen LogP contribution in [0.15, 0.2) is 54.1 Å². The summed E-state index contributed by atoms with van der Waals surface area (Å²) in [6.45, 7) is 4.38. The molecule has 0 heteroatoms. The highest BCUT2D eigenvalue weighted by atomic mass is 14.3. The van der Waals surface area contributed by atoms with Crippen molar-refractivity contribution in [3.05, 3.63) is 81.9 Å². The predicted molar refractivity (Wildman–Crippen MR) is 90.2 cm³/mol. The lowest BCUT2D eigenvalue weighted by Crippen LogP contribution is -2.01. The average molecular weight is 272 g/mol. The van der Waals surface area contributed by atoms with Crippen LogP contribution in [0, 0.1) is 13.8 Å². The van der Waals surface area contributed by atoms with Crippen LogP contribution >= 0.6 is 0 Å². The van der Waals surface area contributed by atoms with E-state index in [1.165, 1.54) is 46.2 Å². The van der Waals surface area contributed by atoms with Crippen LogP contribution in [0.1, 0.15) is 40.7 Å². The van der Waals surface area contributed by atoms with Gasteiger partial charge in [-0.15, -0.1) is 0 Å². The molecule has 2 aromatic carbocycles. The summed E-state index contributed by atoms with van der Waals surface area (Å²) in [6.07, 6.45) is 5.92. The first-order chi connectivity index (χ1) is 10.2. The summed E-state index contributed by atoms with van der Waals surface area (Å²) in [7, 11) is 0. The summed E-state index contributed by atoms with van der Waals surface area (Å²) in [6, 6.07) is 15.8. The SMILES string of the molecule is Cc1cc(C)cc(C2=CC3=C(C2)c2ccccc2CC3)c1. The van der Waals surface area contributed by atoms with Crippen molar-refractivity contribution in [3.8, 4) is 0 Å². The first kappa shape index (κ1) is 12.6. The molecule has 0 bridgehead atoms. The van der Waals surface area contributed by atoms with Crippen LogP contribution in [0.3, 0.4) is 0 Å². The van der Waals surface area contributed by atoms with E-state index in [2.05, 4.69) is 62.4 Å². The molecule has 0 N–H and O–H groups in total. The van der Waals surface area contributed by atoms with Gasteiger partial charge >= 0.3 is 0 Å². The Morgan fingerprint density at radius 1 is 0.857 bits per heavy atom. The van der Waals surface area contributed by atoms with Gasteiger partial charge in [0, 0.05) is 0 Å². The molecule has 21 heavy (non-hydrogen) atoms. The van der Waals surface area contributed by atoms with Crippen LogP contribution in [0.4, 0.5) is 0 Å². The zero-order chi connectivity index (χ0) is 14.4. The Hall–Kier alpha value is -2.08. The molecule has 0 saturated heterocycles. The third-order valence-corrected chi connectivity index (χ3v) is 4.70. The highest BCUT2D eigenvalue weighted by Gasteiger charge is 2.23. The Morgan fingerprint density at radius 2 is 1.62 bits per heavy atom. The van der Waals surface area contributed by atoms with Crippen molar-refractivity contribution in [3.63, 3.8) is 0 Å². The van der Waals surface area contributed by atoms with Crippen LogP contribution in [0.5, 0.6) is 0 Å². The monoisotopic (exact) mass is 272 g/mol. The molecule has 0 saturated carbocycles. The fraction of sp³-hybridized carbons (Fsp3) is 0.238. The predicted octanol–water partition coefficient (Wildman–Crippen LogP) is 5.49. The molecule has 4 rings (SSSR count). The van der Waals surface area contributed by atoms with Gasteiger partial charge in [-0.1, -0.05) is 59.7 Å². The van der Waals surface area contributed by atoms with Crippen LogP contribution in [0.25, 0.3) is 11.1 Å². The fourth-order valence-corrected chi connectivity index (χ4v) is 3.79. The summed E-state index contributed by atoms with van der Waals surface area (Å²) in [5.74, 6) is 0. The Balaban J connectivity index is 1.73. The molecule has 2 aliphatic rings. The van der Waals surface area contributed by atoms with E-state index < -0.39 is 0 Å². The van der Waals surface area contributed by atoms with Crippen LogP contribution in [-0.4, -0.2) is 0 Å². The quantitative estimate of drug-likeness (QED) is 0.644. The largest absolute Gasteiger partial charge is 0.0620 e. The Labute approximate surface area is 126 Å². The minimum Gasteiger partial charge on any atom is -0.0620 e. The maximum atomic E-state index is 2.44. The van der Waals surface area contributed by atoms with Crippen molar-refractivity contribution < 1.29 is 0 Å². The number of aryl methyl sites for hydroxylation is 3. The van der Waals surface area contributed by atoms with E-state index in [1.807, 2.05) is 0 Å². The van der Waals surface area contributed by atoms with Crippen molar-refractivity contribution in [1.29, 1.82) is 0 Å². The van der Waals surface area contributed by atoms with Crippen LogP contribution < -0.4 is 0 Å². The first-order valence-electron chi connectivity index (χ1n) is 7.80. The molecule has 0 heterocycles. The number of hydrogen-bond donors (Lipinski definition) is 0. The number of fused-ring (bicyclic) bond motifs is 2. The highest BCUT2D eigenvalue weighted by molar-refractivity contribution is 5.91. The van der Waals surface area contributed by atoms with Gasteiger partial charge in [0.15, 0.2) is 0 Å². The average Bonchev–Trinajstić information content (AvgIpc) is 2.91. The molecule has 2 aromatic rings. The van der Waals surface area contributed by atoms with Gasteiger partial charge in [0.25, 0.3) is 0 Å². The van der Waals surface area contributed by atoms with Gasteiger partial charge in [-0.05, 0) is 66.5 Å². The molecule has 0 spiro atoms. The first-order valence-corrected chi connectivity index (χ1v) is 7.80. The molecule has 0 amide bonds. The molecular formula is C21H20. The van der Waals surface area contributed by atoms with Crippen LogP contribution in [-0.2, 0) is 6.42 Å². The lowest BCUT2D eigenvalue weighted by Gasteiger charge is -2.18. The smallest absolute Gasteiger partial charge is 0.00109 e. The van der Waals surface area contributed by atoms with E-state index >= 15 is 0 Å². The molecule has 0 nitrogen and oxygen atoms in total. The number of benzene rings is 2. The topological polar surface area (TPSA) is 0 Å². The van der Waals surface area contributed by atoms with E-state index in [0.29, 0.717) is 0 Å². The van der Waals surface area contributed by atoms with Crippen molar-refractivity contribution in [2.24, 2.45) is 0 Å². The van der Waals surface area contributed by atoms with Crippen molar-refractivity contribution in [2.45, 2.75) is 33.1 Å². The summed E-state index contributed by atoms with van der Waals surface area (Å²) in [5.41, 5.74) is 11.7. The minimum absolute atomic E-state index is 1.09. The molecule has 2 aliphatic carbocycles. The molecular weight excluding hydrogens is 252 g/mol. The van der Waals surface area contributed by atoms with Gasteiger partial charge < -0.3 is 0 Å². The van der Waals surface area contributed by atoms with Gasteiger partial charge in [0.2, 0.25) is 0 Å². The van der Waals surface area contributed by atoms with Crippen molar-refractivity contribution in [1.82, 2.24) is 0 Å². The van der Waals surface area contributed by atoms with Gasteiger partial charge in [-0.3, -0.25) is 0 Å². The van der Waals surface area contributed by atoms with E-state index in [1.54, 1.807) is 11.1 Å². The third kappa shape index (κ3) is 2.15. The Bertz CT molecular complexity index is 767. The van der Waals surface area contributed by atoms with E-state index in [-0.39, 0.29) is 0 Å². The number of hydrogen-bond acceptors (Lipinski definition) is 0. The summed E-state index contributed by atoms with van der Waals surface area (Å²) in [4.78, 5) is 0. The van der Waals surface area contributed by atoms with Crippen molar-refractivity contribution in [2.75, 3.05) is 0 Å².